The van der Waals surface area contributed by atoms with Crippen LogP contribution in [0.5, 0.6) is 0 Å². The van der Waals surface area contributed by atoms with Crippen molar-refractivity contribution in [3.8, 4) is 10.6 Å². The zero-order chi connectivity index (χ0) is 29.0. The number of fused-ring (bicyclic) bond motifs is 1. The van der Waals surface area contributed by atoms with Gasteiger partial charge in [-0.3, -0.25) is 15.0 Å². The Morgan fingerprint density at radius 2 is 1.90 bits per heavy atom. The first kappa shape index (κ1) is 28.9. The van der Waals surface area contributed by atoms with Gasteiger partial charge in [0, 0.05) is 47.3 Å². The molecule has 0 radical (unpaired) electrons. The highest BCUT2D eigenvalue weighted by atomic mass is 35.5. The summed E-state index contributed by atoms with van der Waals surface area (Å²) in [6, 6.07) is 5.50. The van der Waals surface area contributed by atoms with Gasteiger partial charge >= 0.3 is 5.97 Å². The molecule has 1 amide bonds. The lowest BCUT2D eigenvalue weighted by Gasteiger charge is -2.40. The Morgan fingerprint density at radius 3 is 2.54 bits per heavy atom. The van der Waals surface area contributed by atoms with Gasteiger partial charge in [-0.05, 0) is 62.9 Å². The smallest absolute Gasteiger partial charge is 0.331 e. The van der Waals surface area contributed by atoms with Crippen molar-refractivity contribution in [2.75, 3.05) is 29.9 Å². The number of carboxylic acid groups (broad SMARTS) is 1. The van der Waals surface area contributed by atoms with Crippen LogP contribution in [-0.4, -0.2) is 64.8 Å². The Morgan fingerprint density at radius 1 is 1.17 bits per heavy atom. The molecule has 3 fully saturated rings. The van der Waals surface area contributed by atoms with Crippen LogP contribution in [0, 0.1) is 5.92 Å². The highest BCUT2D eigenvalue weighted by molar-refractivity contribution is 7.21. The van der Waals surface area contributed by atoms with Crippen LogP contribution in [0.25, 0.3) is 16.6 Å². The van der Waals surface area contributed by atoms with E-state index >= 15 is 0 Å². The number of thiophene rings is 1. The van der Waals surface area contributed by atoms with Crippen molar-refractivity contribution < 1.29 is 19.1 Å². The number of hydrogen-bond acceptors (Lipinski definition) is 7. The predicted molar refractivity (Wildman–Crippen MR) is 165 cm³/mol. The largest absolute Gasteiger partial charge is 0.478 e. The van der Waals surface area contributed by atoms with Gasteiger partial charge in [-0.2, -0.15) is 0 Å². The molecule has 2 unspecified atom stereocenters. The molecule has 4 heterocycles. The van der Waals surface area contributed by atoms with Crippen LogP contribution < -0.4 is 10.2 Å². The van der Waals surface area contributed by atoms with E-state index in [4.69, 9.17) is 39.8 Å². The molecular formula is C28H26Cl3FN4O3S2. The lowest BCUT2D eigenvalue weighted by molar-refractivity contribution is -0.132. The van der Waals surface area contributed by atoms with Crippen molar-refractivity contribution in [1.29, 1.82) is 0 Å². The lowest BCUT2D eigenvalue weighted by atomic mass is 9.88. The van der Waals surface area contributed by atoms with E-state index in [0.717, 1.165) is 41.6 Å². The second kappa shape index (κ2) is 11.5. The van der Waals surface area contributed by atoms with Crippen molar-refractivity contribution in [3.05, 3.63) is 55.3 Å². The van der Waals surface area contributed by atoms with Gasteiger partial charge in [-0.1, -0.05) is 46.1 Å². The van der Waals surface area contributed by atoms with Crippen LogP contribution in [0.4, 0.5) is 14.5 Å². The number of rotatable bonds is 7. The highest BCUT2D eigenvalue weighted by Gasteiger charge is 2.47. The number of aliphatic carboxylic acids is 1. The molecule has 2 atom stereocenters. The van der Waals surface area contributed by atoms with Crippen LogP contribution in [0.15, 0.2) is 29.2 Å². The highest BCUT2D eigenvalue weighted by Crippen LogP contribution is 2.46. The molecule has 2 saturated heterocycles. The third-order valence-corrected chi connectivity index (χ3v) is 11.0. The third kappa shape index (κ3) is 5.75. The minimum Gasteiger partial charge on any atom is -0.478 e. The zero-order valence-corrected chi connectivity index (χ0v) is 25.8. The SMILES string of the molecule is C/C(=C\c1c(Cl)cc(C(=O)Nc2nc(-c3cc(Cl)cs3)c(N3CC4CCN(C5CC(F)C5)C4C3)s2)cc1Cl)C(=O)O. The molecule has 1 saturated carbocycles. The first-order valence-corrected chi connectivity index (χ1v) is 16.0. The molecule has 3 aromatic rings. The van der Waals surface area contributed by atoms with Gasteiger partial charge in [0.2, 0.25) is 0 Å². The molecular weight excluding hydrogens is 630 g/mol. The average Bonchev–Trinajstić information content (AvgIpc) is 3.67. The standard InChI is InChI=1S/C28H26Cl3FN4O3S2/c1-13(27(38)39)4-19-20(30)5-15(6-21(19)31)25(37)34-28-33-24(23-7-16(29)12-40-23)26(41-28)35-10-14-2-3-36(22(14)11-35)18-8-17(32)9-18/h4-7,12,14,17-18,22H,2-3,8-11H2,1H3,(H,38,39)(H,33,34,37)/b13-4+. The number of carbonyl (C=O) groups is 2. The van der Waals surface area contributed by atoms with E-state index < -0.39 is 18.0 Å². The topological polar surface area (TPSA) is 85.8 Å². The van der Waals surface area contributed by atoms with Gasteiger partial charge in [0.1, 0.15) is 16.9 Å². The molecule has 6 rings (SSSR count). The van der Waals surface area contributed by atoms with E-state index in [2.05, 4.69) is 15.1 Å². The lowest BCUT2D eigenvalue weighted by Crippen LogP contribution is -2.49. The minimum atomic E-state index is -1.09. The summed E-state index contributed by atoms with van der Waals surface area (Å²) in [6.07, 6.45) is 3.04. The van der Waals surface area contributed by atoms with Crippen LogP contribution >= 0.6 is 57.5 Å². The average molecular weight is 656 g/mol. The first-order valence-electron chi connectivity index (χ1n) is 13.2. The van der Waals surface area contributed by atoms with Gasteiger partial charge in [-0.25, -0.2) is 14.2 Å². The normalized spacial score (nSPS) is 24.4. The molecule has 1 aliphatic carbocycles. The van der Waals surface area contributed by atoms with Crippen LogP contribution in [0.1, 0.15) is 42.1 Å². The quantitative estimate of drug-likeness (QED) is 0.255. The van der Waals surface area contributed by atoms with E-state index in [1.165, 1.54) is 47.8 Å². The Bertz CT molecular complexity index is 1530. The number of nitrogens with one attached hydrogen (secondary N) is 1. The third-order valence-electron chi connectivity index (χ3n) is 8.07. The van der Waals surface area contributed by atoms with E-state index in [1.54, 1.807) is 0 Å². The Balaban J connectivity index is 1.25. The first-order chi connectivity index (χ1) is 19.6. The molecule has 216 valence electrons. The number of aromatic nitrogens is 1. The van der Waals surface area contributed by atoms with Gasteiger partial charge < -0.3 is 10.0 Å². The minimum absolute atomic E-state index is 0.0657. The summed E-state index contributed by atoms with van der Waals surface area (Å²) in [4.78, 5) is 35.0. The Labute approximate surface area is 259 Å². The maximum atomic E-state index is 13.6. The van der Waals surface area contributed by atoms with Crippen molar-refractivity contribution in [1.82, 2.24) is 9.88 Å². The Hall–Kier alpha value is -2.21. The second-order valence-corrected chi connectivity index (χ2v) is 13.9. The van der Waals surface area contributed by atoms with Gasteiger partial charge in [-0.15, -0.1) is 11.3 Å². The summed E-state index contributed by atoms with van der Waals surface area (Å²) in [5.41, 5.74) is 1.38. The number of nitrogens with zero attached hydrogens (tertiary/aromatic N) is 3. The molecule has 2 aromatic heterocycles. The number of alkyl halides is 1. The van der Waals surface area contributed by atoms with Crippen LogP contribution in [0.2, 0.25) is 15.1 Å². The number of likely N-dealkylation sites (tertiary alicyclic amines) is 1. The fourth-order valence-electron chi connectivity index (χ4n) is 5.88. The molecule has 1 aromatic carbocycles. The van der Waals surface area contributed by atoms with Gasteiger partial charge in [0.05, 0.1) is 19.9 Å². The number of halogens is 4. The second-order valence-electron chi connectivity index (χ2n) is 10.7. The Kier molecular flexibility index (Phi) is 8.08. The fourth-order valence-corrected chi connectivity index (χ4v) is 8.60. The van der Waals surface area contributed by atoms with Gasteiger partial charge in [0.15, 0.2) is 5.13 Å². The molecule has 7 nitrogen and oxygen atoms in total. The number of anilines is 2. The van der Waals surface area contributed by atoms with Crippen molar-refractivity contribution in [2.45, 2.75) is 44.4 Å². The number of hydrogen-bond donors (Lipinski definition) is 2. The maximum absolute atomic E-state index is 13.6. The van der Waals surface area contributed by atoms with Crippen molar-refractivity contribution >= 4 is 85.6 Å². The number of carbonyl (C=O) groups excluding carboxylic acids is 1. The summed E-state index contributed by atoms with van der Waals surface area (Å²) in [7, 11) is 0. The van der Waals surface area contributed by atoms with E-state index in [-0.39, 0.29) is 21.2 Å². The van der Waals surface area contributed by atoms with E-state index in [0.29, 0.717) is 46.6 Å². The molecule has 41 heavy (non-hydrogen) atoms. The number of amides is 1. The number of thiazole rings is 1. The van der Waals surface area contributed by atoms with Gasteiger partial charge in [0.25, 0.3) is 5.91 Å². The molecule has 13 heteroatoms. The maximum Gasteiger partial charge on any atom is 0.331 e. The van der Waals surface area contributed by atoms with Crippen molar-refractivity contribution in [3.63, 3.8) is 0 Å². The number of carboxylic acids is 1. The predicted octanol–water partition coefficient (Wildman–Crippen LogP) is 7.58. The number of benzene rings is 1. The molecule has 0 spiro atoms. The molecule has 3 aliphatic rings. The van der Waals surface area contributed by atoms with Crippen LogP contribution in [-0.2, 0) is 4.79 Å². The monoisotopic (exact) mass is 654 g/mol. The summed E-state index contributed by atoms with van der Waals surface area (Å²) in [5, 5.41) is 16.3. The molecule has 2 N–H and O–H groups in total. The molecule has 2 aliphatic heterocycles. The van der Waals surface area contributed by atoms with Crippen LogP contribution in [0.3, 0.4) is 0 Å². The summed E-state index contributed by atoms with van der Waals surface area (Å²) >= 11 is 21.9. The summed E-state index contributed by atoms with van der Waals surface area (Å²) < 4.78 is 13.6. The summed E-state index contributed by atoms with van der Waals surface area (Å²) in [5.74, 6) is -1.02. The van der Waals surface area contributed by atoms with Crippen molar-refractivity contribution in [2.24, 2.45) is 5.92 Å². The van der Waals surface area contributed by atoms with E-state index in [1.807, 2.05) is 11.4 Å². The zero-order valence-electron chi connectivity index (χ0n) is 21.9. The fraction of sp³-hybridized carbons (Fsp3) is 0.393. The summed E-state index contributed by atoms with van der Waals surface area (Å²) in [6.45, 7) is 4.17. The van der Waals surface area contributed by atoms with E-state index in [9.17, 15) is 19.1 Å². The molecule has 0 bridgehead atoms.